The van der Waals surface area contributed by atoms with Gasteiger partial charge < -0.3 is 15.7 Å². The fraction of sp³-hybridized carbons (Fsp3) is 0.294. The van der Waals surface area contributed by atoms with Gasteiger partial charge in [0.15, 0.2) is 0 Å². The van der Waals surface area contributed by atoms with E-state index in [0.717, 1.165) is 16.0 Å². The topological polar surface area (TPSA) is 78.4 Å². The Morgan fingerprint density at radius 2 is 2.00 bits per heavy atom. The van der Waals surface area contributed by atoms with E-state index >= 15 is 0 Å². The van der Waals surface area contributed by atoms with E-state index in [1.54, 1.807) is 0 Å². The first kappa shape index (κ1) is 17.2. The SMILES string of the molecule is Cc1ccc(C)c(NC(=O)C(=O)NCCC(O)c2cccs2)c1. The lowest BCUT2D eigenvalue weighted by molar-refractivity contribution is -0.136. The predicted octanol–water partition coefficient (Wildman–Crippen LogP) is 2.54. The number of hydrogen-bond acceptors (Lipinski definition) is 4. The monoisotopic (exact) mass is 332 g/mol. The summed E-state index contributed by atoms with van der Waals surface area (Å²) in [6, 6.07) is 9.35. The van der Waals surface area contributed by atoms with E-state index in [4.69, 9.17) is 0 Å². The molecule has 1 aromatic carbocycles. The molecule has 1 atom stereocenters. The van der Waals surface area contributed by atoms with Gasteiger partial charge in [0.25, 0.3) is 0 Å². The van der Waals surface area contributed by atoms with E-state index in [0.29, 0.717) is 12.1 Å². The minimum absolute atomic E-state index is 0.234. The van der Waals surface area contributed by atoms with Crippen molar-refractivity contribution in [3.63, 3.8) is 0 Å². The Morgan fingerprint density at radius 1 is 1.22 bits per heavy atom. The zero-order chi connectivity index (χ0) is 16.8. The molecule has 2 amide bonds. The lowest BCUT2D eigenvalue weighted by atomic mass is 10.1. The summed E-state index contributed by atoms with van der Waals surface area (Å²) in [5.74, 6) is -1.41. The molecule has 0 saturated heterocycles. The molecule has 0 bridgehead atoms. The summed E-state index contributed by atoms with van der Waals surface area (Å²) < 4.78 is 0. The lowest BCUT2D eigenvalue weighted by Crippen LogP contribution is -2.36. The molecular weight excluding hydrogens is 312 g/mol. The standard InChI is InChI=1S/C17H20N2O3S/c1-11-5-6-12(2)13(10-11)19-17(22)16(21)18-8-7-14(20)15-4-3-9-23-15/h3-6,9-10,14,20H,7-8H2,1-2H3,(H,18,21)(H,19,22). The molecule has 5 nitrogen and oxygen atoms in total. The van der Waals surface area contributed by atoms with Gasteiger partial charge in [0.1, 0.15) is 0 Å². The van der Waals surface area contributed by atoms with Crippen molar-refractivity contribution in [3.8, 4) is 0 Å². The molecule has 0 radical (unpaired) electrons. The Balaban J connectivity index is 1.81. The van der Waals surface area contributed by atoms with Crippen LogP contribution < -0.4 is 10.6 Å². The van der Waals surface area contributed by atoms with E-state index < -0.39 is 17.9 Å². The Kier molecular flexibility index (Phi) is 5.90. The minimum Gasteiger partial charge on any atom is -0.388 e. The molecule has 1 aromatic heterocycles. The second kappa shape index (κ2) is 7.89. The predicted molar refractivity (Wildman–Crippen MR) is 91.5 cm³/mol. The number of aliphatic hydroxyl groups excluding tert-OH is 1. The molecule has 2 aromatic rings. The van der Waals surface area contributed by atoms with Gasteiger partial charge in [-0.05, 0) is 48.9 Å². The van der Waals surface area contributed by atoms with Crippen LogP contribution in [0.25, 0.3) is 0 Å². The highest BCUT2D eigenvalue weighted by Crippen LogP contribution is 2.21. The van der Waals surface area contributed by atoms with Crippen molar-refractivity contribution in [2.45, 2.75) is 26.4 Å². The molecule has 3 N–H and O–H groups in total. The Morgan fingerprint density at radius 3 is 2.70 bits per heavy atom. The Labute approximate surface area is 139 Å². The third-order valence-electron chi connectivity index (χ3n) is 3.42. The van der Waals surface area contributed by atoms with Gasteiger partial charge in [-0.25, -0.2) is 0 Å². The number of rotatable bonds is 5. The summed E-state index contributed by atoms with van der Waals surface area (Å²) in [4.78, 5) is 24.6. The number of nitrogens with one attached hydrogen (secondary N) is 2. The third-order valence-corrected chi connectivity index (χ3v) is 4.40. The quantitative estimate of drug-likeness (QED) is 0.736. The molecule has 2 rings (SSSR count). The van der Waals surface area contributed by atoms with E-state index in [-0.39, 0.29) is 6.54 Å². The first-order valence-corrected chi connectivity index (χ1v) is 8.23. The normalized spacial score (nSPS) is 11.8. The largest absolute Gasteiger partial charge is 0.388 e. The highest BCUT2D eigenvalue weighted by atomic mass is 32.1. The third kappa shape index (κ3) is 4.91. The second-order valence-corrected chi connectivity index (χ2v) is 6.33. The first-order valence-electron chi connectivity index (χ1n) is 7.35. The summed E-state index contributed by atoms with van der Waals surface area (Å²) in [7, 11) is 0. The molecular formula is C17H20N2O3S. The molecule has 1 unspecified atom stereocenters. The van der Waals surface area contributed by atoms with Crippen molar-refractivity contribution in [2.24, 2.45) is 0 Å². The van der Waals surface area contributed by atoms with Crippen LogP contribution in [0.5, 0.6) is 0 Å². The number of aryl methyl sites for hydroxylation is 2. The van der Waals surface area contributed by atoms with Crippen LogP contribution in [0.1, 0.15) is 28.5 Å². The van der Waals surface area contributed by atoms with Crippen molar-refractivity contribution in [1.82, 2.24) is 5.32 Å². The molecule has 0 aliphatic heterocycles. The summed E-state index contributed by atoms with van der Waals surface area (Å²) in [6.45, 7) is 4.02. The molecule has 0 aliphatic rings. The van der Waals surface area contributed by atoms with E-state index in [9.17, 15) is 14.7 Å². The molecule has 1 heterocycles. The number of hydrogen-bond donors (Lipinski definition) is 3. The van der Waals surface area contributed by atoms with Crippen LogP contribution in [0, 0.1) is 13.8 Å². The molecule has 23 heavy (non-hydrogen) atoms. The van der Waals surface area contributed by atoms with Crippen molar-refractivity contribution < 1.29 is 14.7 Å². The number of thiophene rings is 1. The van der Waals surface area contributed by atoms with Gasteiger partial charge in [0, 0.05) is 17.1 Å². The van der Waals surface area contributed by atoms with E-state index in [2.05, 4.69) is 10.6 Å². The Bertz CT molecular complexity index is 683. The zero-order valence-corrected chi connectivity index (χ0v) is 13.9. The fourth-order valence-corrected chi connectivity index (χ4v) is 2.82. The molecule has 0 spiro atoms. The zero-order valence-electron chi connectivity index (χ0n) is 13.1. The second-order valence-electron chi connectivity index (χ2n) is 5.35. The minimum atomic E-state index is -0.704. The van der Waals surface area contributed by atoms with Crippen LogP contribution in [0.3, 0.4) is 0 Å². The van der Waals surface area contributed by atoms with Gasteiger partial charge in [-0.2, -0.15) is 0 Å². The van der Waals surface area contributed by atoms with Crippen LogP contribution >= 0.6 is 11.3 Å². The van der Waals surface area contributed by atoms with Gasteiger partial charge in [-0.3, -0.25) is 9.59 Å². The lowest BCUT2D eigenvalue weighted by Gasteiger charge is -2.11. The van der Waals surface area contributed by atoms with Gasteiger partial charge in [0.2, 0.25) is 0 Å². The van der Waals surface area contributed by atoms with Crippen LogP contribution in [-0.2, 0) is 9.59 Å². The number of amides is 2. The van der Waals surface area contributed by atoms with Crippen molar-refractivity contribution in [1.29, 1.82) is 0 Å². The van der Waals surface area contributed by atoms with Crippen LogP contribution in [0.2, 0.25) is 0 Å². The summed E-state index contributed by atoms with van der Waals surface area (Å²) in [5.41, 5.74) is 2.53. The number of carbonyl (C=O) groups excluding carboxylic acids is 2. The highest BCUT2D eigenvalue weighted by molar-refractivity contribution is 7.10. The van der Waals surface area contributed by atoms with Crippen molar-refractivity contribution in [3.05, 3.63) is 51.7 Å². The number of benzene rings is 1. The van der Waals surface area contributed by atoms with Gasteiger partial charge >= 0.3 is 11.8 Å². The summed E-state index contributed by atoms with van der Waals surface area (Å²) in [6.07, 6.45) is -0.263. The maximum Gasteiger partial charge on any atom is 0.313 e. The van der Waals surface area contributed by atoms with E-state index in [1.165, 1.54) is 11.3 Å². The summed E-state index contributed by atoms with van der Waals surface area (Å²) in [5, 5.41) is 16.9. The van der Waals surface area contributed by atoms with Crippen LogP contribution in [0.4, 0.5) is 5.69 Å². The highest BCUT2D eigenvalue weighted by Gasteiger charge is 2.15. The number of aliphatic hydroxyl groups is 1. The molecule has 0 aliphatic carbocycles. The van der Waals surface area contributed by atoms with E-state index in [1.807, 2.05) is 49.6 Å². The van der Waals surface area contributed by atoms with Gasteiger partial charge in [-0.1, -0.05) is 18.2 Å². The molecule has 0 fully saturated rings. The molecule has 0 saturated carbocycles. The van der Waals surface area contributed by atoms with Gasteiger partial charge in [0.05, 0.1) is 6.10 Å². The molecule has 122 valence electrons. The van der Waals surface area contributed by atoms with Crippen LogP contribution in [-0.4, -0.2) is 23.5 Å². The van der Waals surface area contributed by atoms with Crippen LogP contribution in [0.15, 0.2) is 35.7 Å². The van der Waals surface area contributed by atoms with Gasteiger partial charge in [-0.15, -0.1) is 11.3 Å². The maximum absolute atomic E-state index is 11.9. The fourth-order valence-electron chi connectivity index (χ4n) is 2.08. The number of carbonyl (C=O) groups is 2. The number of anilines is 1. The smallest absolute Gasteiger partial charge is 0.313 e. The maximum atomic E-state index is 11.9. The summed E-state index contributed by atoms with van der Waals surface area (Å²) >= 11 is 1.46. The first-order chi connectivity index (χ1) is 11.0. The Hall–Kier alpha value is -2.18. The van der Waals surface area contributed by atoms with Crippen molar-refractivity contribution >= 4 is 28.8 Å². The molecule has 6 heteroatoms. The average Bonchev–Trinajstić information content (AvgIpc) is 3.05. The van der Waals surface area contributed by atoms with Crippen molar-refractivity contribution in [2.75, 3.05) is 11.9 Å². The average molecular weight is 332 g/mol.